The second kappa shape index (κ2) is 10.8. The van der Waals surface area contributed by atoms with Gasteiger partial charge in [0.25, 0.3) is 0 Å². The molecule has 1 saturated carbocycles. The third kappa shape index (κ3) is 5.60. The Morgan fingerprint density at radius 2 is 1.93 bits per heavy atom. The molecule has 0 unspecified atom stereocenters. The maximum Gasteiger partial charge on any atom is 0.355 e. The van der Waals surface area contributed by atoms with E-state index in [4.69, 9.17) is 14.8 Å². The Morgan fingerprint density at radius 3 is 2.53 bits per heavy atom. The van der Waals surface area contributed by atoms with Crippen molar-refractivity contribution < 1.29 is 31.6 Å². The first kappa shape index (κ1) is 28.8. The Kier molecular flexibility index (Phi) is 7.22. The molecule has 43 heavy (non-hydrogen) atoms. The molecule has 1 aliphatic rings. The standard InChI is InChI=1S/C29H25F2N5O5S2/c1-14-26(15(2)41-35-14)19-12-18(6-7-21(19)30)27-20(9-17-5-8-25(22(31)10-17)43(32,39)40)24(11-16-3-4-16)36(34-27)29-33-23(13-42-29)28(37)38/h5-8,10,12-13,16H,3-4,9,11H2,1-2H3,(H,37,38)(H2,32,39,40). The van der Waals surface area contributed by atoms with Gasteiger partial charge in [-0.25, -0.2) is 36.8 Å². The molecule has 222 valence electrons. The van der Waals surface area contributed by atoms with E-state index >= 15 is 4.39 Å². The van der Waals surface area contributed by atoms with Crippen LogP contribution in [0.3, 0.4) is 0 Å². The van der Waals surface area contributed by atoms with Gasteiger partial charge in [0.2, 0.25) is 15.2 Å². The van der Waals surface area contributed by atoms with Crippen LogP contribution in [-0.4, -0.2) is 39.4 Å². The number of sulfonamides is 1. The molecule has 3 heterocycles. The number of aryl methyl sites for hydroxylation is 2. The summed E-state index contributed by atoms with van der Waals surface area (Å²) in [6.07, 6.45) is 2.75. The van der Waals surface area contributed by atoms with Crippen LogP contribution in [0.5, 0.6) is 0 Å². The summed E-state index contributed by atoms with van der Waals surface area (Å²) >= 11 is 1.12. The molecule has 0 aliphatic heterocycles. The third-order valence-electron chi connectivity index (χ3n) is 7.39. The van der Waals surface area contributed by atoms with Gasteiger partial charge >= 0.3 is 5.97 Å². The Hall–Kier alpha value is -4.27. The number of hydrogen-bond donors (Lipinski definition) is 2. The van der Waals surface area contributed by atoms with Crippen LogP contribution in [0.4, 0.5) is 8.78 Å². The normalized spacial score (nSPS) is 13.5. The molecule has 0 saturated heterocycles. The molecule has 14 heteroatoms. The van der Waals surface area contributed by atoms with Gasteiger partial charge in [0.05, 0.1) is 22.6 Å². The van der Waals surface area contributed by atoms with Crippen molar-refractivity contribution in [3.8, 4) is 27.5 Å². The fraction of sp³-hybridized carbons (Fsp3) is 0.241. The first-order valence-electron chi connectivity index (χ1n) is 13.2. The van der Waals surface area contributed by atoms with Gasteiger partial charge < -0.3 is 9.63 Å². The van der Waals surface area contributed by atoms with Gasteiger partial charge in [-0.15, -0.1) is 11.3 Å². The second-order valence-electron chi connectivity index (χ2n) is 10.5. The molecule has 6 rings (SSSR count). The Balaban J connectivity index is 1.56. The van der Waals surface area contributed by atoms with Crippen molar-refractivity contribution >= 4 is 27.3 Å². The average Bonchev–Trinajstić information content (AvgIpc) is 3.34. The van der Waals surface area contributed by atoms with E-state index in [1.165, 1.54) is 17.5 Å². The number of carbonyl (C=O) groups is 1. The third-order valence-corrected chi connectivity index (χ3v) is 9.15. The van der Waals surface area contributed by atoms with Crippen LogP contribution in [0.2, 0.25) is 0 Å². The Morgan fingerprint density at radius 1 is 1.16 bits per heavy atom. The van der Waals surface area contributed by atoms with E-state index in [0.29, 0.717) is 56.9 Å². The van der Waals surface area contributed by atoms with Crippen molar-refractivity contribution in [2.24, 2.45) is 11.1 Å². The van der Waals surface area contributed by atoms with Crippen molar-refractivity contribution in [2.75, 3.05) is 0 Å². The van der Waals surface area contributed by atoms with Crippen molar-refractivity contribution in [1.82, 2.24) is 19.9 Å². The molecule has 5 aromatic rings. The van der Waals surface area contributed by atoms with Gasteiger partial charge in [-0.1, -0.05) is 11.2 Å². The number of aromatic carboxylic acids is 1. The maximum absolute atomic E-state index is 15.2. The van der Waals surface area contributed by atoms with E-state index in [0.717, 1.165) is 42.0 Å². The number of hydrogen-bond acceptors (Lipinski definition) is 8. The van der Waals surface area contributed by atoms with E-state index < -0.39 is 32.5 Å². The van der Waals surface area contributed by atoms with Gasteiger partial charge in [-0.3, -0.25) is 0 Å². The summed E-state index contributed by atoms with van der Waals surface area (Å²) in [6.45, 7) is 3.41. The van der Waals surface area contributed by atoms with Crippen LogP contribution in [0.1, 0.15) is 51.6 Å². The number of rotatable bonds is 9. The molecule has 10 nitrogen and oxygen atoms in total. The van der Waals surface area contributed by atoms with E-state index in [2.05, 4.69) is 10.1 Å². The molecule has 2 aromatic carbocycles. The van der Waals surface area contributed by atoms with E-state index in [1.807, 2.05) is 0 Å². The van der Waals surface area contributed by atoms with Crippen molar-refractivity contribution in [1.29, 1.82) is 0 Å². The number of aromatic nitrogens is 4. The summed E-state index contributed by atoms with van der Waals surface area (Å²) in [5.41, 5.74) is 4.10. The lowest BCUT2D eigenvalue weighted by Crippen LogP contribution is -2.14. The highest BCUT2D eigenvalue weighted by Gasteiger charge is 2.30. The predicted molar refractivity (Wildman–Crippen MR) is 154 cm³/mol. The van der Waals surface area contributed by atoms with Crippen LogP contribution in [0.25, 0.3) is 27.5 Å². The molecule has 3 N–H and O–H groups in total. The highest BCUT2D eigenvalue weighted by molar-refractivity contribution is 7.89. The van der Waals surface area contributed by atoms with Crippen LogP contribution in [-0.2, 0) is 22.9 Å². The number of primary sulfonamides is 1. The fourth-order valence-corrected chi connectivity index (χ4v) is 6.51. The largest absolute Gasteiger partial charge is 0.476 e. The van der Waals surface area contributed by atoms with Crippen LogP contribution < -0.4 is 5.14 Å². The number of halogens is 2. The molecular formula is C29H25F2N5O5S2. The minimum Gasteiger partial charge on any atom is -0.476 e. The number of nitrogens with two attached hydrogens (primary N) is 1. The quantitative estimate of drug-likeness (QED) is 0.220. The lowest BCUT2D eigenvalue weighted by molar-refractivity contribution is 0.0691. The van der Waals surface area contributed by atoms with Gasteiger partial charge in [0.1, 0.15) is 22.3 Å². The SMILES string of the molecule is Cc1noc(C)c1-c1cc(-c2nn(-c3nc(C(=O)O)cs3)c(CC3CC3)c2Cc2ccc(S(N)(=O)=O)c(F)c2)ccc1F. The van der Waals surface area contributed by atoms with Crippen molar-refractivity contribution in [3.05, 3.63) is 87.4 Å². The van der Waals surface area contributed by atoms with Crippen LogP contribution in [0, 0.1) is 31.4 Å². The molecule has 3 aromatic heterocycles. The van der Waals surface area contributed by atoms with Gasteiger partial charge in [0, 0.05) is 28.5 Å². The smallest absolute Gasteiger partial charge is 0.355 e. The highest BCUT2D eigenvalue weighted by Crippen LogP contribution is 2.40. The zero-order chi connectivity index (χ0) is 30.6. The number of benzene rings is 2. The molecule has 0 spiro atoms. The molecule has 0 radical (unpaired) electrons. The van der Waals surface area contributed by atoms with E-state index in [9.17, 15) is 22.7 Å². The Labute approximate surface area is 248 Å². The van der Waals surface area contributed by atoms with E-state index in [1.54, 1.807) is 30.7 Å². The number of nitrogens with zero attached hydrogens (tertiary/aromatic N) is 4. The minimum atomic E-state index is -4.26. The summed E-state index contributed by atoms with van der Waals surface area (Å²) in [4.78, 5) is 15.3. The Bertz CT molecular complexity index is 1990. The first-order valence-corrected chi connectivity index (χ1v) is 15.7. The van der Waals surface area contributed by atoms with Crippen molar-refractivity contribution in [2.45, 2.75) is 44.4 Å². The zero-order valence-electron chi connectivity index (χ0n) is 23.0. The number of thiazole rings is 1. The van der Waals surface area contributed by atoms with Gasteiger partial charge in [0.15, 0.2) is 5.69 Å². The fourth-order valence-electron chi connectivity index (χ4n) is 5.15. The van der Waals surface area contributed by atoms with Crippen LogP contribution in [0.15, 0.2) is 51.2 Å². The molecule has 0 atom stereocenters. The molecule has 0 amide bonds. The molecular weight excluding hydrogens is 600 g/mol. The summed E-state index contributed by atoms with van der Waals surface area (Å²) in [5.74, 6) is -1.82. The summed E-state index contributed by atoms with van der Waals surface area (Å²) in [5, 5.41) is 25.2. The lowest BCUT2D eigenvalue weighted by Gasteiger charge is -2.10. The number of carboxylic acid groups (broad SMARTS) is 1. The average molecular weight is 626 g/mol. The zero-order valence-corrected chi connectivity index (χ0v) is 24.6. The summed E-state index contributed by atoms with van der Waals surface area (Å²) < 4.78 is 60.5. The first-order chi connectivity index (χ1) is 20.4. The number of carboxylic acids is 1. The van der Waals surface area contributed by atoms with Gasteiger partial charge in [-0.05, 0) is 74.9 Å². The predicted octanol–water partition coefficient (Wildman–Crippen LogP) is 5.43. The van der Waals surface area contributed by atoms with Gasteiger partial charge in [-0.2, -0.15) is 5.10 Å². The van der Waals surface area contributed by atoms with E-state index in [-0.39, 0.29) is 17.7 Å². The topological polar surface area (TPSA) is 154 Å². The van der Waals surface area contributed by atoms with Crippen LogP contribution >= 0.6 is 11.3 Å². The maximum atomic E-state index is 15.2. The lowest BCUT2D eigenvalue weighted by atomic mass is 9.94. The molecule has 0 bridgehead atoms. The molecule has 1 aliphatic carbocycles. The molecule has 1 fully saturated rings. The summed E-state index contributed by atoms with van der Waals surface area (Å²) in [6, 6.07) is 8.28. The van der Waals surface area contributed by atoms with Crippen molar-refractivity contribution in [3.63, 3.8) is 0 Å². The second-order valence-corrected chi connectivity index (χ2v) is 12.9. The summed E-state index contributed by atoms with van der Waals surface area (Å²) in [7, 11) is -4.26. The minimum absolute atomic E-state index is 0.126. The highest BCUT2D eigenvalue weighted by atomic mass is 32.2. The monoisotopic (exact) mass is 625 g/mol.